The molecule has 4 heterocycles. The number of fused-ring (bicyclic) bond motifs is 5. The standard InChI is InChI=1S/C22H31N3O3/c1-23(2)22(26)14-24-10-16-4-5-19(13-24)25(11-16)12-17-8-18-9-20(27-3)6-7-21(18)28-15-17/h6-9,16,19H,4-5,10-15H2,1-3H3/t16-,19+/m0/s1. The van der Waals surface area contributed by atoms with Gasteiger partial charge in [0.05, 0.1) is 13.7 Å². The van der Waals surface area contributed by atoms with E-state index >= 15 is 0 Å². The van der Waals surface area contributed by atoms with Crippen LogP contribution in [0.4, 0.5) is 0 Å². The van der Waals surface area contributed by atoms with Crippen molar-refractivity contribution in [2.24, 2.45) is 5.92 Å². The first-order valence-corrected chi connectivity index (χ1v) is 10.2. The zero-order valence-corrected chi connectivity index (χ0v) is 17.2. The second-order valence-corrected chi connectivity index (χ2v) is 8.50. The minimum atomic E-state index is 0.196. The van der Waals surface area contributed by atoms with Crippen molar-refractivity contribution in [1.82, 2.24) is 14.7 Å². The summed E-state index contributed by atoms with van der Waals surface area (Å²) in [4.78, 5) is 18.8. The van der Waals surface area contributed by atoms with E-state index in [1.807, 2.05) is 32.3 Å². The van der Waals surface area contributed by atoms with Crippen LogP contribution in [0, 0.1) is 5.92 Å². The molecule has 0 N–H and O–H groups in total. The number of hydrogen-bond donors (Lipinski definition) is 0. The molecule has 2 bridgehead atoms. The summed E-state index contributed by atoms with van der Waals surface area (Å²) >= 11 is 0. The molecule has 28 heavy (non-hydrogen) atoms. The lowest BCUT2D eigenvalue weighted by molar-refractivity contribution is -0.130. The molecule has 0 unspecified atom stereocenters. The summed E-state index contributed by atoms with van der Waals surface area (Å²) in [6, 6.07) is 6.48. The Morgan fingerprint density at radius 1 is 1.25 bits per heavy atom. The van der Waals surface area contributed by atoms with Crippen LogP contribution in [0.1, 0.15) is 18.4 Å². The van der Waals surface area contributed by atoms with Crippen molar-refractivity contribution in [2.45, 2.75) is 18.9 Å². The van der Waals surface area contributed by atoms with Crippen molar-refractivity contribution in [3.05, 3.63) is 29.3 Å². The normalized spacial score (nSPS) is 24.8. The van der Waals surface area contributed by atoms with Gasteiger partial charge in [0.25, 0.3) is 0 Å². The molecule has 0 saturated carbocycles. The van der Waals surface area contributed by atoms with Gasteiger partial charge in [0, 0.05) is 51.9 Å². The lowest BCUT2D eigenvalue weighted by Gasteiger charge is -2.37. The van der Waals surface area contributed by atoms with Gasteiger partial charge < -0.3 is 14.4 Å². The second-order valence-electron chi connectivity index (χ2n) is 8.50. The number of methoxy groups -OCH3 is 1. The van der Waals surface area contributed by atoms with Gasteiger partial charge in [0.1, 0.15) is 18.1 Å². The van der Waals surface area contributed by atoms with Gasteiger partial charge in [0.15, 0.2) is 0 Å². The van der Waals surface area contributed by atoms with Crippen molar-refractivity contribution in [2.75, 3.05) is 60.5 Å². The predicted molar refractivity (Wildman–Crippen MR) is 110 cm³/mol. The molecule has 1 aromatic rings. The number of piperidine rings is 1. The molecular formula is C22H31N3O3. The van der Waals surface area contributed by atoms with Crippen LogP contribution in [0.5, 0.6) is 11.5 Å². The number of likely N-dealkylation sites (N-methyl/N-ethyl adjacent to an activating group) is 1. The van der Waals surface area contributed by atoms with Crippen LogP contribution in [-0.2, 0) is 4.79 Å². The van der Waals surface area contributed by atoms with E-state index in [9.17, 15) is 4.79 Å². The van der Waals surface area contributed by atoms with Crippen LogP contribution < -0.4 is 9.47 Å². The number of benzene rings is 1. The molecule has 1 amide bonds. The van der Waals surface area contributed by atoms with Crippen LogP contribution >= 0.6 is 0 Å². The molecule has 3 fully saturated rings. The number of hydrogen-bond acceptors (Lipinski definition) is 5. The number of carbonyl (C=O) groups excluding carboxylic acids is 1. The maximum atomic E-state index is 12.2. The van der Waals surface area contributed by atoms with Crippen LogP contribution in [0.3, 0.4) is 0 Å². The Hall–Kier alpha value is -2.05. The summed E-state index contributed by atoms with van der Waals surface area (Å²) in [5.41, 5.74) is 2.41. The summed E-state index contributed by atoms with van der Waals surface area (Å²) < 4.78 is 11.3. The quantitative estimate of drug-likeness (QED) is 0.775. The molecular weight excluding hydrogens is 354 g/mol. The van der Waals surface area contributed by atoms with Crippen LogP contribution in [0.2, 0.25) is 0 Å². The Kier molecular flexibility index (Phi) is 5.60. The summed E-state index contributed by atoms with van der Waals surface area (Å²) in [5, 5.41) is 0. The van der Waals surface area contributed by atoms with Crippen molar-refractivity contribution in [1.29, 1.82) is 0 Å². The molecule has 0 aromatic heterocycles. The highest BCUT2D eigenvalue weighted by atomic mass is 16.5. The topological polar surface area (TPSA) is 45.2 Å². The summed E-state index contributed by atoms with van der Waals surface area (Å²) in [6.45, 7) is 5.24. The zero-order valence-electron chi connectivity index (χ0n) is 17.2. The smallest absolute Gasteiger partial charge is 0.236 e. The molecule has 152 valence electrons. The highest BCUT2D eigenvalue weighted by Gasteiger charge is 2.35. The van der Waals surface area contributed by atoms with E-state index < -0.39 is 0 Å². The minimum Gasteiger partial charge on any atom is -0.497 e. The molecule has 5 rings (SSSR count). The van der Waals surface area contributed by atoms with E-state index in [1.165, 1.54) is 18.4 Å². The summed E-state index contributed by atoms with van der Waals surface area (Å²) in [5.74, 6) is 2.62. The number of carbonyl (C=O) groups is 1. The molecule has 6 nitrogen and oxygen atoms in total. The third-order valence-corrected chi connectivity index (χ3v) is 6.16. The summed E-state index contributed by atoms with van der Waals surface area (Å²) in [6.07, 6.45) is 4.74. The lowest BCUT2D eigenvalue weighted by Crippen LogP contribution is -2.46. The second kappa shape index (κ2) is 8.13. The van der Waals surface area contributed by atoms with E-state index in [-0.39, 0.29) is 5.91 Å². The number of ether oxygens (including phenoxy) is 2. The Morgan fingerprint density at radius 3 is 2.89 bits per heavy atom. The van der Waals surface area contributed by atoms with Gasteiger partial charge >= 0.3 is 0 Å². The van der Waals surface area contributed by atoms with Crippen LogP contribution in [0.25, 0.3) is 6.08 Å². The Morgan fingerprint density at radius 2 is 2.11 bits per heavy atom. The number of nitrogens with zero attached hydrogens (tertiary/aromatic N) is 3. The first kappa shape index (κ1) is 19.3. The third-order valence-electron chi connectivity index (χ3n) is 6.16. The largest absolute Gasteiger partial charge is 0.497 e. The molecule has 4 aliphatic rings. The summed E-state index contributed by atoms with van der Waals surface area (Å²) in [7, 11) is 5.36. The van der Waals surface area contributed by atoms with Crippen LogP contribution in [0.15, 0.2) is 23.8 Å². The van der Waals surface area contributed by atoms with E-state index in [2.05, 4.69) is 15.9 Å². The lowest BCUT2D eigenvalue weighted by atomic mass is 9.94. The molecule has 6 heteroatoms. The van der Waals surface area contributed by atoms with E-state index in [0.29, 0.717) is 25.1 Å². The Balaban J connectivity index is 1.44. The number of rotatable bonds is 5. The Bertz CT molecular complexity index is 761. The van der Waals surface area contributed by atoms with Gasteiger partial charge in [-0.05, 0) is 48.6 Å². The molecule has 2 atom stereocenters. The Labute approximate surface area is 167 Å². The van der Waals surface area contributed by atoms with Gasteiger partial charge in [-0.15, -0.1) is 0 Å². The SMILES string of the molecule is COc1ccc2c(c1)C=C(CN1C[C@H]3CC[C@@H]1CN(CC(=O)N(C)C)C3)CO2. The van der Waals surface area contributed by atoms with E-state index in [0.717, 1.165) is 43.2 Å². The fraction of sp³-hybridized carbons (Fsp3) is 0.591. The average molecular weight is 386 g/mol. The fourth-order valence-electron chi connectivity index (χ4n) is 4.61. The van der Waals surface area contributed by atoms with Crippen molar-refractivity contribution >= 4 is 12.0 Å². The molecule has 3 saturated heterocycles. The molecule has 1 aromatic carbocycles. The van der Waals surface area contributed by atoms with Crippen LogP contribution in [-0.4, -0.2) is 87.2 Å². The number of amides is 1. The minimum absolute atomic E-state index is 0.196. The van der Waals surface area contributed by atoms with Gasteiger partial charge in [-0.2, -0.15) is 0 Å². The zero-order chi connectivity index (χ0) is 19.7. The molecule has 0 aliphatic carbocycles. The van der Waals surface area contributed by atoms with Crippen molar-refractivity contribution < 1.29 is 14.3 Å². The highest BCUT2D eigenvalue weighted by Crippen LogP contribution is 2.32. The monoisotopic (exact) mass is 385 g/mol. The van der Waals surface area contributed by atoms with Gasteiger partial charge in [-0.3, -0.25) is 14.6 Å². The van der Waals surface area contributed by atoms with Gasteiger partial charge in [-0.1, -0.05) is 0 Å². The maximum absolute atomic E-state index is 12.2. The highest BCUT2D eigenvalue weighted by molar-refractivity contribution is 5.77. The first-order chi connectivity index (χ1) is 13.5. The predicted octanol–water partition coefficient (Wildman–Crippen LogP) is 1.96. The van der Waals surface area contributed by atoms with Crippen molar-refractivity contribution in [3.8, 4) is 11.5 Å². The van der Waals surface area contributed by atoms with Crippen molar-refractivity contribution in [3.63, 3.8) is 0 Å². The third kappa shape index (κ3) is 4.18. The van der Waals surface area contributed by atoms with Gasteiger partial charge in [-0.25, -0.2) is 0 Å². The molecule has 0 radical (unpaired) electrons. The van der Waals surface area contributed by atoms with E-state index in [4.69, 9.17) is 9.47 Å². The average Bonchev–Trinajstić information content (AvgIpc) is 2.97. The van der Waals surface area contributed by atoms with E-state index in [1.54, 1.807) is 12.0 Å². The molecule has 0 spiro atoms. The van der Waals surface area contributed by atoms with Gasteiger partial charge in [0.2, 0.25) is 5.91 Å². The first-order valence-electron chi connectivity index (χ1n) is 10.2. The fourth-order valence-corrected chi connectivity index (χ4v) is 4.61. The molecule has 4 aliphatic heterocycles. The maximum Gasteiger partial charge on any atom is 0.236 e.